The van der Waals surface area contributed by atoms with Crippen LogP contribution in [0.2, 0.25) is 0 Å². The third-order valence-corrected chi connectivity index (χ3v) is 1.67. The quantitative estimate of drug-likeness (QED) is 0.565. The van der Waals surface area contributed by atoms with Crippen LogP contribution in [0, 0.1) is 0 Å². The predicted octanol–water partition coefficient (Wildman–Crippen LogP) is -0.0362. The highest BCUT2D eigenvalue weighted by molar-refractivity contribution is 5.80. The van der Waals surface area contributed by atoms with E-state index in [9.17, 15) is 9.59 Å². The number of carboxylic acids is 1. The molecule has 0 saturated heterocycles. The Morgan fingerprint density at radius 1 is 1.36 bits per heavy atom. The van der Waals surface area contributed by atoms with Gasteiger partial charge in [0.1, 0.15) is 6.04 Å². The zero-order chi connectivity index (χ0) is 11.1. The molecule has 14 heavy (non-hydrogen) atoms. The minimum atomic E-state index is -0.926. The van der Waals surface area contributed by atoms with E-state index in [-0.39, 0.29) is 18.5 Å². The summed E-state index contributed by atoms with van der Waals surface area (Å²) in [6, 6.07) is -0.567. The van der Waals surface area contributed by atoms with Crippen molar-refractivity contribution < 1.29 is 14.7 Å². The van der Waals surface area contributed by atoms with Crippen molar-refractivity contribution >= 4 is 11.9 Å². The van der Waals surface area contributed by atoms with Gasteiger partial charge in [0.25, 0.3) is 0 Å². The maximum absolute atomic E-state index is 11.1. The van der Waals surface area contributed by atoms with Crippen molar-refractivity contribution in [2.24, 2.45) is 0 Å². The van der Waals surface area contributed by atoms with Crippen LogP contribution < -0.4 is 10.6 Å². The number of hydrogen-bond acceptors (Lipinski definition) is 3. The lowest BCUT2D eigenvalue weighted by Gasteiger charge is -2.13. The van der Waals surface area contributed by atoms with E-state index in [1.165, 1.54) is 0 Å². The number of carbonyl (C=O) groups excluding carboxylic acids is 1. The second kappa shape index (κ2) is 6.37. The van der Waals surface area contributed by atoms with Crippen LogP contribution in [0.15, 0.2) is 0 Å². The lowest BCUT2D eigenvalue weighted by Crippen LogP contribution is -2.44. The number of hydrogen-bond donors (Lipinski definition) is 3. The molecule has 5 nitrogen and oxygen atoms in total. The predicted molar refractivity (Wildman–Crippen MR) is 53.0 cm³/mol. The molecule has 1 unspecified atom stereocenters. The Bertz CT molecular complexity index is 204. The summed E-state index contributed by atoms with van der Waals surface area (Å²) in [7, 11) is 0. The largest absolute Gasteiger partial charge is 0.480 e. The normalized spacial score (nSPS) is 12.6. The van der Waals surface area contributed by atoms with Gasteiger partial charge in [-0.2, -0.15) is 0 Å². The molecule has 0 aromatic carbocycles. The molecule has 0 aliphatic carbocycles. The Hall–Kier alpha value is -1.10. The van der Waals surface area contributed by atoms with Crippen LogP contribution in [0.25, 0.3) is 0 Å². The molecule has 0 fully saturated rings. The summed E-state index contributed by atoms with van der Waals surface area (Å²) in [6.07, 6.45) is 0.463. The molecular weight excluding hydrogens is 184 g/mol. The van der Waals surface area contributed by atoms with Crippen molar-refractivity contribution in [3.63, 3.8) is 0 Å². The molecule has 0 rings (SSSR count). The summed E-state index contributed by atoms with van der Waals surface area (Å²) in [5.74, 6) is -1.11. The van der Waals surface area contributed by atoms with Gasteiger partial charge in [-0.3, -0.25) is 14.9 Å². The molecule has 5 heteroatoms. The van der Waals surface area contributed by atoms with Crippen LogP contribution >= 0.6 is 0 Å². The standard InChI is InChI=1S/C9H18N2O3/c1-4-7(9(13)14)10-5-8(12)11-6(2)3/h6-7,10H,4-5H2,1-3H3,(H,11,12)(H,13,14). The van der Waals surface area contributed by atoms with Gasteiger partial charge in [-0.1, -0.05) is 6.92 Å². The molecule has 0 aliphatic rings. The Morgan fingerprint density at radius 2 is 1.93 bits per heavy atom. The van der Waals surface area contributed by atoms with E-state index in [4.69, 9.17) is 5.11 Å². The fourth-order valence-corrected chi connectivity index (χ4v) is 0.995. The molecule has 3 N–H and O–H groups in total. The maximum atomic E-state index is 11.1. The lowest BCUT2D eigenvalue weighted by atomic mass is 10.2. The first-order valence-corrected chi connectivity index (χ1v) is 4.73. The molecular formula is C9H18N2O3. The summed E-state index contributed by atoms with van der Waals surface area (Å²) < 4.78 is 0. The summed E-state index contributed by atoms with van der Waals surface area (Å²) in [5, 5.41) is 14.0. The molecule has 0 aliphatic heterocycles. The molecule has 0 radical (unpaired) electrons. The van der Waals surface area contributed by atoms with Gasteiger partial charge in [0.15, 0.2) is 0 Å². The summed E-state index contributed by atoms with van der Waals surface area (Å²) >= 11 is 0. The zero-order valence-corrected chi connectivity index (χ0v) is 8.83. The third-order valence-electron chi connectivity index (χ3n) is 1.67. The van der Waals surface area contributed by atoms with Crippen molar-refractivity contribution in [3.8, 4) is 0 Å². The molecule has 0 bridgehead atoms. The Kier molecular flexibility index (Phi) is 5.87. The fourth-order valence-electron chi connectivity index (χ4n) is 0.995. The third kappa shape index (κ3) is 5.53. The minimum absolute atomic E-state index is 0.0446. The molecule has 1 atom stereocenters. The van der Waals surface area contributed by atoms with Gasteiger partial charge >= 0.3 is 5.97 Å². The molecule has 82 valence electrons. The Balaban J connectivity index is 3.80. The molecule has 0 aromatic rings. The van der Waals surface area contributed by atoms with Gasteiger partial charge in [-0.25, -0.2) is 0 Å². The van der Waals surface area contributed by atoms with E-state index < -0.39 is 12.0 Å². The Morgan fingerprint density at radius 3 is 2.29 bits per heavy atom. The second-order valence-electron chi connectivity index (χ2n) is 3.40. The van der Waals surface area contributed by atoms with Gasteiger partial charge in [-0.15, -0.1) is 0 Å². The van der Waals surface area contributed by atoms with Crippen molar-refractivity contribution in [3.05, 3.63) is 0 Å². The number of amides is 1. The van der Waals surface area contributed by atoms with E-state index in [1.807, 2.05) is 13.8 Å². The van der Waals surface area contributed by atoms with Gasteiger partial charge in [0.2, 0.25) is 5.91 Å². The van der Waals surface area contributed by atoms with E-state index >= 15 is 0 Å². The average molecular weight is 202 g/mol. The van der Waals surface area contributed by atoms with Crippen molar-refractivity contribution in [1.29, 1.82) is 0 Å². The van der Waals surface area contributed by atoms with Crippen molar-refractivity contribution in [2.75, 3.05) is 6.54 Å². The van der Waals surface area contributed by atoms with Crippen LogP contribution in [0.3, 0.4) is 0 Å². The van der Waals surface area contributed by atoms with E-state index in [2.05, 4.69) is 10.6 Å². The van der Waals surface area contributed by atoms with Gasteiger partial charge < -0.3 is 10.4 Å². The highest BCUT2D eigenvalue weighted by Crippen LogP contribution is 1.89. The first-order valence-electron chi connectivity index (χ1n) is 4.73. The molecule has 1 amide bonds. The van der Waals surface area contributed by atoms with Crippen LogP contribution in [0.4, 0.5) is 0 Å². The number of rotatable bonds is 6. The van der Waals surface area contributed by atoms with Crippen LogP contribution in [0.1, 0.15) is 27.2 Å². The van der Waals surface area contributed by atoms with Crippen molar-refractivity contribution in [1.82, 2.24) is 10.6 Å². The first-order chi connectivity index (χ1) is 6.47. The monoisotopic (exact) mass is 202 g/mol. The number of aliphatic carboxylic acids is 1. The van der Waals surface area contributed by atoms with Crippen LogP contribution in [-0.4, -0.2) is 35.6 Å². The molecule has 0 saturated carbocycles. The first kappa shape index (κ1) is 12.9. The van der Waals surface area contributed by atoms with Crippen molar-refractivity contribution in [2.45, 2.75) is 39.3 Å². The highest BCUT2D eigenvalue weighted by atomic mass is 16.4. The van der Waals surface area contributed by atoms with E-state index in [0.29, 0.717) is 6.42 Å². The lowest BCUT2D eigenvalue weighted by molar-refractivity contribution is -0.139. The second-order valence-corrected chi connectivity index (χ2v) is 3.40. The maximum Gasteiger partial charge on any atom is 0.320 e. The van der Waals surface area contributed by atoms with E-state index in [0.717, 1.165) is 0 Å². The molecule has 0 aromatic heterocycles. The van der Waals surface area contributed by atoms with Gasteiger partial charge in [0, 0.05) is 6.04 Å². The van der Waals surface area contributed by atoms with Crippen LogP contribution in [0.5, 0.6) is 0 Å². The summed E-state index contributed by atoms with van der Waals surface area (Å²) in [5.41, 5.74) is 0. The van der Waals surface area contributed by atoms with Gasteiger partial charge in [-0.05, 0) is 20.3 Å². The molecule has 0 heterocycles. The number of nitrogens with one attached hydrogen (secondary N) is 2. The molecule has 0 spiro atoms. The number of carboxylic acid groups (broad SMARTS) is 1. The topological polar surface area (TPSA) is 78.4 Å². The van der Waals surface area contributed by atoms with Crippen LogP contribution in [-0.2, 0) is 9.59 Å². The minimum Gasteiger partial charge on any atom is -0.480 e. The Labute approximate surface area is 83.9 Å². The SMILES string of the molecule is CCC(NCC(=O)NC(C)C)C(=O)O. The smallest absolute Gasteiger partial charge is 0.320 e. The van der Waals surface area contributed by atoms with E-state index in [1.54, 1.807) is 6.92 Å². The number of carbonyl (C=O) groups is 2. The summed E-state index contributed by atoms with van der Waals surface area (Å²) in [6.45, 7) is 5.51. The summed E-state index contributed by atoms with van der Waals surface area (Å²) in [4.78, 5) is 21.7. The zero-order valence-electron chi connectivity index (χ0n) is 8.83. The average Bonchev–Trinajstić information content (AvgIpc) is 2.03. The highest BCUT2D eigenvalue weighted by Gasteiger charge is 2.15. The van der Waals surface area contributed by atoms with Gasteiger partial charge in [0.05, 0.1) is 6.54 Å². The fraction of sp³-hybridized carbons (Fsp3) is 0.778.